The Balaban J connectivity index is 1.71. The van der Waals surface area contributed by atoms with Crippen LogP contribution >= 0.6 is 0 Å². The smallest absolute Gasteiger partial charge is 0.339 e. The molecule has 6 heteroatoms. The highest BCUT2D eigenvalue weighted by Gasteiger charge is 2.28. The maximum atomic E-state index is 12.9. The van der Waals surface area contributed by atoms with Crippen LogP contribution in [0.25, 0.3) is 0 Å². The summed E-state index contributed by atoms with van der Waals surface area (Å²) >= 11 is 0. The van der Waals surface area contributed by atoms with Crippen molar-refractivity contribution in [2.75, 3.05) is 20.1 Å². The van der Waals surface area contributed by atoms with Gasteiger partial charge < -0.3 is 14.5 Å². The van der Waals surface area contributed by atoms with Crippen molar-refractivity contribution in [3.8, 4) is 0 Å². The van der Waals surface area contributed by atoms with Crippen LogP contribution in [0.4, 0.5) is 0 Å². The third kappa shape index (κ3) is 5.02. The molecule has 0 spiro atoms. The molecule has 29 heavy (non-hydrogen) atoms. The Kier molecular flexibility index (Phi) is 6.65. The van der Waals surface area contributed by atoms with E-state index in [1.54, 1.807) is 48.0 Å². The number of carbonyl (C=O) groups is 3. The van der Waals surface area contributed by atoms with E-state index in [2.05, 4.69) is 0 Å². The Morgan fingerprint density at radius 3 is 2.21 bits per heavy atom. The van der Waals surface area contributed by atoms with Gasteiger partial charge in [-0.1, -0.05) is 42.5 Å². The minimum absolute atomic E-state index is 0.165. The van der Waals surface area contributed by atoms with Crippen LogP contribution in [0.5, 0.6) is 0 Å². The largest absolute Gasteiger partial charge is 0.449 e. The highest BCUT2D eigenvalue weighted by molar-refractivity contribution is 6.05. The van der Waals surface area contributed by atoms with Crippen molar-refractivity contribution in [3.05, 3.63) is 71.3 Å². The van der Waals surface area contributed by atoms with Crippen LogP contribution in [-0.2, 0) is 16.1 Å². The lowest BCUT2D eigenvalue weighted by atomic mass is 10.1. The van der Waals surface area contributed by atoms with Crippen molar-refractivity contribution in [2.45, 2.75) is 32.4 Å². The lowest BCUT2D eigenvalue weighted by molar-refractivity contribution is -0.138. The van der Waals surface area contributed by atoms with Gasteiger partial charge in [-0.3, -0.25) is 9.59 Å². The fourth-order valence-corrected chi connectivity index (χ4v) is 3.45. The predicted molar refractivity (Wildman–Crippen MR) is 109 cm³/mol. The zero-order valence-corrected chi connectivity index (χ0v) is 16.8. The average Bonchev–Trinajstić information content (AvgIpc) is 3.28. The van der Waals surface area contributed by atoms with E-state index in [1.807, 2.05) is 30.3 Å². The molecule has 1 fully saturated rings. The number of hydrogen-bond donors (Lipinski definition) is 0. The van der Waals surface area contributed by atoms with Gasteiger partial charge in [0.15, 0.2) is 6.10 Å². The third-order valence-corrected chi connectivity index (χ3v) is 5.04. The zero-order chi connectivity index (χ0) is 20.8. The number of amides is 2. The first-order chi connectivity index (χ1) is 14.0. The molecule has 0 bridgehead atoms. The van der Waals surface area contributed by atoms with Gasteiger partial charge in [0.25, 0.3) is 11.8 Å². The monoisotopic (exact) mass is 394 g/mol. The van der Waals surface area contributed by atoms with Gasteiger partial charge in [-0.25, -0.2) is 4.79 Å². The van der Waals surface area contributed by atoms with E-state index in [-0.39, 0.29) is 22.9 Å². The Labute approximate surface area is 171 Å². The van der Waals surface area contributed by atoms with E-state index in [0.29, 0.717) is 19.6 Å². The van der Waals surface area contributed by atoms with Gasteiger partial charge in [0.1, 0.15) is 0 Å². The fourth-order valence-electron chi connectivity index (χ4n) is 3.45. The van der Waals surface area contributed by atoms with E-state index in [4.69, 9.17) is 4.74 Å². The second-order valence-corrected chi connectivity index (χ2v) is 7.27. The number of rotatable bonds is 6. The zero-order valence-electron chi connectivity index (χ0n) is 16.8. The normalized spacial score (nSPS) is 14.3. The number of esters is 1. The maximum absolute atomic E-state index is 12.9. The summed E-state index contributed by atoms with van der Waals surface area (Å²) in [6.07, 6.45) is 1.06. The molecule has 2 amide bonds. The fraction of sp³-hybridized carbons (Fsp3) is 0.348. The van der Waals surface area contributed by atoms with Crippen LogP contribution in [-0.4, -0.2) is 53.8 Å². The molecular formula is C23H26N2O4. The Morgan fingerprint density at radius 1 is 0.966 bits per heavy atom. The molecular weight excluding hydrogens is 368 g/mol. The number of carbonyl (C=O) groups excluding carboxylic acids is 3. The summed E-state index contributed by atoms with van der Waals surface area (Å²) in [6, 6.07) is 16.2. The lowest BCUT2D eigenvalue weighted by Gasteiger charge is -2.22. The summed E-state index contributed by atoms with van der Waals surface area (Å²) in [5.74, 6) is -1.14. The molecule has 152 valence electrons. The van der Waals surface area contributed by atoms with Crippen LogP contribution < -0.4 is 0 Å². The molecule has 0 N–H and O–H groups in total. The van der Waals surface area contributed by atoms with Gasteiger partial charge >= 0.3 is 5.97 Å². The molecule has 1 heterocycles. The maximum Gasteiger partial charge on any atom is 0.339 e. The second kappa shape index (κ2) is 9.37. The van der Waals surface area contributed by atoms with Crippen molar-refractivity contribution >= 4 is 17.8 Å². The SMILES string of the molecule is C[C@H](OC(=O)c1ccccc1C(=O)N(C)Cc1ccccc1)C(=O)N1CCCC1. The number of benzene rings is 2. The minimum atomic E-state index is -0.884. The van der Waals surface area contributed by atoms with Crippen molar-refractivity contribution < 1.29 is 19.1 Å². The lowest BCUT2D eigenvalue weighted by Crippen LogP contribution is -2.38. The first-order valence-electron chi connectivity index (χ1n) is 9.85. The molecule has 0 unspecified atom stereocenters. The van der Waals surface area contributed by atoms with Crippen LogP contribution in [0.1, 0.15) is 46.0 Å². The second-order valence-electron chi connectivity index (χ2n) is 7.27. The van der Waals surface area contributed by atoms with E-state index >= 15 is 0 Å². The number of nitrogens with zero attached hydrogens (tertiary/aromatic N) is 2. The molecule has 0 radical (unpaired) electrons. The highest BCUT2D eigenvalue weighted by atomic mass is 16.5. The molecule has 1 aliphatic rings. The highest BCUT2D eigenvalue weighted by Crippen LogP contribution is 2.17. The number of ether oxygens (including phenoxy) is 1. The van der Waals surface area contributed by atoms with Crippen LogP contribution in [0.15, 0.2) is 54.6 Å². The van der Waals surface area contributed by atoms with Gasteiger partial charge in [0.2, 0.25) is 0 Å². The summed E-state index contributed by atoms with van der Waals surface area (Å²) in [6.45, 7) is 3.39. The first-order valence-corrected chi connectivity index (χ1v) is 9.85. The van der Waals surface area contributed by atoms with Crippen LogP contribution in [0.3, 0.4) is 0 Å². The predicted octanol–water partition coefficient (Wildman–Crippen LogP) is 3.13. The topological polar surface area (TPSA) is 66.9 Å². The molecule has 0 saturated carbocycles. The van der Waals surface area contributed by atoms with Crippen molar-refractivity contribution in [3.63, 3.8) is 0 Å². The van der Waals surface area contributed by atoms with Gasteiger partial charge in [-0.15, -0.1) is 0 Å². The van der Waals surface area contributed by atoms with E-state index in [1.165, 1.54) is 0 Å². The van der Waals surface area contributed by atoms with Gasteiger partial charge in [-0.05, 0) is 37.5 Å². The van der Waals surface area contributed by atoms with E-state index in [0.717, 1.165) is 18.4 Å². The Morgan fingerprint density at radius 2 is 1.55 bits per heavy atom. The van der Waals surface area contributed by atoms with Crippen LogP contribution in [0.2, 0.25) is 0 Å². The molecule has 1 saturated heterocycles. The summed E-state index contributed by atoms with van der Waals surface area (Å²) < 4.78 is 5.40. The molecule has 0 aromatic heterocycles. The Bertz CT molecular complexity index is 875. The van der Waals surface area contributed by atoms with E-state index < -0.39 is 12.1 Å². The Hall–Kier alpha value is -3.15. The molecule has 1 atom stereocenters. The van der Waals surface area contributed by atoms with Gasteiger partial charge in [0, 0.05) is 26.7 Å². The standard InChI is InChI=1S/C23H26N2O4/c1-17(21(26)25-14-8-9-15-25)29-23(28)20-13-7-6-12-19(20)22(27)24(2)16-18-10-4-3-5-11-18/h3-7,10-13,17H,8-9,14-16H2,1-2H3/t17-/m0/s1. The average molecular weight is 394 g/mol. The molecule has 2 aromatic rings. The van der Waals surface area contributed by atoms with Crippen molar-refractivity contribution in [1.82, 2.24) is 9.80 Å². The third-order valence-electron chi connectivity index (χ3n) is 5.04. The number of hydrogen-bond acceptors (Lipinski definition) is 4. The first kappa shape index (κ1) is 20.6. The number of likely N-dealkylation sites (tertiary alicyclic amines) is 1. The van der Waals surface area contributed by atoms with Crippen molar-refractivity contribution in [2.24, 2.45) is 0 Å². The molecule has 2 aromatic carbocycles. The summed E-state index contributed by atoms with van der Waals surface area (Å²) in [5.41, 5.74) is 1.42. The molecule has 6 nitrogen and oxygen atoms in total. The minimum Gasteiger partial charge on any atom is -0.449 e. The quantitative estimate of drug-likeness (QED) is 0.706. The molecule has 0 aliphatic carbocycles. The molecule has 3 rings (SSSR count). The van der Waals surface area contributed by atoms with E-state index in [9.17, 15) is 14.4 Å². The summed E-state index contributed by atoms with van der Waals surface area (Å²) in [5, 5.41) is 0. The van der Waals surface area contributed by atoms with Crippen LogP contribution in [0, 0.1) is 0 Å². The van der Waals surface area contributed by atoms with Crippen molar-refractivity contribution in [1.29, 1.82) is 0 Å². The van der Waals surface area contributed by atoms with Gasteiger partial charge in [-0.2, -0.15) is 0 Å². The molecule has 1 aliphatic heterocycles. The van der Waals surface area contributed by atoms with Gasteiger partial charge in [0.05, 0.1) is 11.1 Å². The summed E-state index contributed by atoms with van der Waals surface area (Å²) in [4.78, 5) is 41.3. The summed E-state index contributed by atoms with van der Waals surface area (Å²) in [7, 11) is 1.69.